The number of rotatable bonds is 4. The average Bonchev–Trinajstić information content (AvgIpc) is 2.37. The average molecular weight is 280 g/mol. The van der Waals surface area contributed by atoms with Crippen LogP contribution in [0, 0.1) is 0 Å². The molecule has 0 radical (unpaired) electrons. The molecular formula is C12H13N2O2PS. The van der Waals surface area contributed by atoms with Crippen molar-refractivity contribution in [3.63, 3.8) is 0 Å². The standard InChI is InChI=1S/C12H13N2O2PS/c15-17(16,18)13-14(11-7-3-1-4-8-11)12-9-5-2-6-10-12/h1-10H,(H3,13,15,16,18). The third-order valence-corrected chi connectivity index (χ3v) is 2.96. The fourth-order valence-electron chi connectivity index (χ4n) is 1.55. The summed E-state index contributed by atoms with van der Waals surface area (Å²) in [6.45, 7) is -3.54. The lowest BCUT2D eigenvalue weighted by atomic mass is 10.2. The van der Waals surface area contributed by atoms with Gasteiger partial charge in [-0.2, -0.15) is 5.20 Å². The van der Waals surface area contributed by atoms with Gasteiger partial charge in [0.15, 0.2) is 0 Å². The Morgan fingerprint density at radius 1 is 0.833 bits per heavy atom. The van der Waals surface area contributed by atoms with Gasteiger partial charge in [-0.05, 0) is 36.1 Å². The van der Waals surface area contributed by atoms with Crippen molar-refractivity contribution in [3.05, 3.63) is 60.7 Å². The molecule has 18 heavy (non-hydrogen) atoms. The van der Waals surface area contributed by atoms with Crippen LogP contribution in [0.25, 0.3) is 0 Å². The molecule has 0 saturated heterocycles. The highest BCUT2D eigenvalue weighted by Gasteiger charge is 2.15. The van der Waals surface area contributed by atoms with Gasteiger partial charge in [-0.1, -0.05) is 36.4 Å². The number of hydrogen-bond acceptors (Lipinski definition) is 2. The molecule has 0 spiro atoms. The second-order valence-electron chi connectivity index (χ2n) is 3.65. The Labute approximate surface area is 111 Å². The Balaban J connectivity index is 2.39. The van der Waals surface area contributed by atoms with E-state index in [2.05, 4.69) is 17.0 Å². The van der Waals surface area contributed by atoms with Gasteiger partial charge in [0.05, 0.1) is 11.4 Å². The Morgan fingerprint density at radius 3 is 1.56 bits per heavy atom. The van der Waals surface area contributed by atoms with E-state index in [0.29, 0.717) is 0 Å². The van der Waals surface area contributed by atoms with Gasteiger partial charge in [-0.15, -0.1) is 0 Å². The molecule has 2 rings (SSSR count). The first-order valence-electron chi connectivity index (χ1n) is 5.30. The van der Waals surface area contributed by atoms with Gasteiger partial charge >= 0.3 is 0 Å². The number of anilines is 2. The van der Waals surface area contributed by atoms with E-state index < -0.39 is 6.64 Å². The van der Waals surface area contributed by atoms with Crippen LogP contribution >= 0.6 is 6.64 Å². The van der Waals surface area contributed by atoms with E-state index >= 15 is 0 Å². The minimum Gasteiger partial charge on any atom is -0.333 e. The summed E-state index contributed by atoms with van der Waals surface area (Å²) >= 11 is 4.63. The van der Waals surface area contributed by atoms with Crippen molar-refractivity contribution in [3.8, 4) is 0 Å². The van der Waals surface area contributed by atoms with Gasteiger partial charge in [-0.25, -0.2) is 0 Å². The maximum Gasteiger partial charge on any atom is 0.274 e. The fourth-order valence-corrected chi connectivity index (χ4v) is 2.29. The molecule has 0 aromatic heterocycles. The molecule has 6 heteroatoms. The molecule has 0 aliphatic heterocycles. The van der Waals surface area contributed by atoms with Crippen molar-refractivity contribution in [1.82, 2.24) is 5.20 Å². The summed E-state index contributed by atoms with van der Waals surface area (Å²) in [6.07, 6.45) is 0. The molecule has 0 amide bonds. The Hall–Kier alpha value is -1.23. The van der Waals surface area contributed by atoms with E-state index in [0.717, 1.165) is 11.4 Å². The van der Waals surface area contributed by atoms with Crippen molar-refractivity contribution < 1.29 is 9.79 Å². The second-order valence-corrected chi connectivity index (χ2v) is 6.47. The molecule has 94 valence electrons. The highest BCUT2D eigenvalue weighted by molar-refractivity contribution is 8.08. The highest BCUT2D eigenvalue weighted by Crippen LogP contribution is 2.34. The van der Waals surface area contributed by atoms with E-state index in [1.165, 1.54) is 0 Å². The summed E-state index contributed by atoms with van der Waals surface area (Å²) in [5.41, 5.74) is 1.56. The van der Waals surface area contributed by atoms with Crippen molar-refractivity contribution >= 4 is 29.8 Å². The molecule has 2 aromatic carbocycles. The van der Waals surface area contributed by atoms with Gasteiger partial charge < -0.3 is 9.79 Å². The molecule has 0 unspecified atom stereocenters. The maximum absolute atomic E-state index is 9.44. The normalized spacial score (nSPS) is 11.2. The number of benzene rings is 2. The zero-order chi connectivity index (χ0) is 13.0. The minimum absolute atomic E-state index is 0.779. The van der Waals surface area contributed by atoms with Crippen molar-refractivity contribution in [1.29, 1.82) is 0 Å². The molecule has 0 saturated carbocycles. The number of hydrogen-bond donors (Lipinski definition) is 3. The molecule has 0 heterocycles. The van der Waals surface area contributed by atoms with Crippen LogP contribution in [0.4, 0.5) is 11.4 Å². The first kappa shape index (κ1) is 13.2. The summed E-state index contributed by atoms with van der Waals surface area (Å²) < 4.78 is 0. The van der Waals surface area contributed by atoms with Crippen LogP contribution in [0.3, 0.4) is 0 Å². The predicted molar refractivity (Wildman–Crippen MR) is 76.9 cm³/mol. The van der Waals surface area contributed by atoms with Crippen LogP contribution in [-0.2, 0) is 11.8 Å². The van der Waals surface area contributed by atoms with Crippen molar-refractivity contribution in [2.45, 2.75) is 0 Å². The van der Waals surface area contributed by atoms with E-state index in [1.54, 1.807) is 5.01 Å². The summed E-state index contributed by atoms with van der Waals surface area (Å²) in [5, 5.41) is 4.13. The highest BCUT2D eigenvalue weighted by atomic mass is 32.5. The number of nitrogens with one attached hydrogen (secondary N) is 1. The number of nitrogens with zero attached hydrogens (tertiary/aromatic N) is 1. The van der Waals surface area contributed by atoms with Gasteiger partial charge in [0, 0.05) is 0 Å². The molecular weight excluding hydrogens is 267 g/mol. The lowest BCUT2D eigenvalue weighted by Crippen LogP contribution is -2.30. The van der Waals surface area contributed by atoms with E-state index in [4.69, 9.17) is 0 Å². The van der Waals surface area contributed by atoms with E-state index in [-0.39, 0.29) is 0 Å². The van der Waals surface area contributed by atoms with Gasteiger partial charge in [-0.3, -0.25) is 5.01 Å². The molecule has 0 bridgehead atoms. The predicted octanol–water partition coefficient (Wildman–Crippen LogP) is 2.54. The minimum atomic E-state index is -3.54. The molecule has 0 aliphatic rings. The summed E-state index contributed by atoms with van der Waals surface area (Å²) in [6, 6.07) is 18.7. The summed E-state index contributed by atoms with van der Waals surface area (Å²) in [4.78, 5) is 18.9. The van der Waals surface area contributed by atoms with Crippen molar-refractivity contribution in [2.75, 3.05) is 5.01 Å². The topological polar surface area (TPSA) is 55.7 Å². The van der Waals surface area contributed by atoms with Gasteiger partial charge in [0.25, 0.3) is 6.64 Å². The van der Waals surface area contributed by atoms with Gasteiger partial charge in [0.2, 0.25) is 0 Å². The van der Waals surface area contributed by atoms with Crippen molar-refractivity contribution in [2.24, 2.45) is 0 Å². The largest absolute Gasteiger partial charge is 0.333 e. The SMILES string of the molecule is OP(O)(=S)NN(c1ccccc1)c1ccccc1. The molecule has 0 atom stereocenters. The third-order valence-electron chi connectivity index (χ3n) is 2.26. The van der Waals surface area contributed by atoms with Crippen LogP contribution in [0.1, 0.15) is 0 Å². The van der Waals surface area contributed by atoms with Crippen LogP contribution in [0.5, 0.6) is 0 Å². The fraction of sp³-hybridized carbons (Fsp3) is 0. The zero-order valence-electron chi connectivity index (χ0n) is 9.47. The molecule has 4 nitrogen and oxygen atoms in total. The monoisotopic (exact) mass is 280 g/mol. The van der Waals surface area contributed by atoms with Gasteiger partial charge in [0.1, 0.15) is 0 Å². The van der Waals surface area contributed by atoms with E-state index in [1.807, 2.05) is 60.7 Å². The van der Waals surface area contributed by atoms with Crippen LogP contribution in [0.15, 0.2) is 60.7 Å². The maximum atomic E-state index is 9.44. The summed E-state index contributed by atoms with van der Waals surface area (Å²) in [7, 11) is 0. The first-order valence-corrected chi connectivity index (χ1v) is 8.01. The Morgan fingerprint density at radius 2 is 1.22 bits per heavy atom. The molecule has 2 aromatic rings. The number of para-hydroxylation sites is 2. The molecule has 0 fully saturated rings. The smallest absolute Gasteiger partial charge is 0.274 e. The van der Waals surface area contributed by atoms with Crippen LogP contribution in [-0.4, -0.2) is 9.79 Å². The quantitative estimate of drug-likeness (QED) is 0.593. The first-order chi connectivity index (χ1) is 8.56. The lowest BCUT2D eigenvalue weighted by molar-refractivity contribution is 0.462. The molecule has 3 N–H and O–H groups in total. The van der Waals surface area contributed by atoms with E-state index in [9.17, 15) is 9.79 Å². The lowest BCUT2D eigenvalue weighted by Gasteiger charge is -2.27. The van der Waals surface area contributed by atoms with Crippen LogP contribution < -0.4 is 10.2 Å². The second kappa shape index (κ2) is 5.61. The molecule has 0 aliphatic carbocycles. The zero-order valence-corrected chi connectivity index (χ0v) is 11.2. The van der Waals surface area contributed by atoms with Crippen LogP contribution in [0.2, 0.25) is 0 Å². The Bertz CT molecular complexity index is 505. The summed E-state index contributed by atoms with van der Waals surface area (Å²) in [5.74, 6) is 0. The third kappa shape index (κ3) is 3.63. The number of hydrazine groups is 1. The Kier molecular flexibility index (Phi) is 4.11.